The molecule has 0 spiro atoms. The van der Waals surface area contributed by atoms with E-state index in [1.807, 2.05) is 48.7 Å². The molecule has 2 aliphatic heterocycles. The van der Waals surface area contributed by atoms with Crippen molar-refractivity contribution in [3.63, 3.8) is 0 Å². The lowest BCUT2D eigenvalue weighted by Crippen LogP contribution is -2.53. The molecule has 3 heterocycles. The molecule has 1 fully saturated rings. The van der Waals surface area contributed by atoms with Crippen LogP contribution in [0.3, 0.4) is 0 Å². The van der Waals surface area contributed by atoms with Crippen molar-refractivity contribution in [3.05, 3.63) is 82.4 Å². The van der Waals surface area contributed by atoms with Gasteiger partial charge in [-0.3, -0.25) is 14.5 Å². The lowest BCUT2D eigenvalue weighted by molar-refractivity contribution is -0.143. The second-order valence-electron chi connectivity index (χ2n) is 8.68. The molecule has 36 heavy (non-hydrogen) atoms. The Morgan fingerprint density at radius 3 is 2.53 bits per heavy atom. The van der Waals surface area contributed by atoms with Crippen LogP contribution in [0.4, 0.5) is 0 Å². The number of thioether (sulfide) groups is 1. The van der Waals surface area contributed by atoms with Crippen LogP contribution in [0.2, 0.25) is 0 Å². The molecule has 188 valence electrons. The smallest absolute Gasteiger partial charge is 0.267 e. The van der Waals surface area contributed by atoms with Crippen LogP contribution in [0.25, 0.3) is 0 Å². The van der Waals surface area contributed by atoms with E-state index in [4.69, 9.17) is 18.6 Å². The summed E-state index contributed by atoms with van der Waals surface area (Å²) in [5.41, 5.74) is 0.776. The Hall–Kier alpha value is -3.43. The molecule has 2 aliphatic rings. The molecule has 0 saturated carbocycles. The Morgan fingerprint density at radius 2 is 1.81 bits per heavy atom. The molecule has 2 aromatic carbocycles. The first-order valence-corrected chi connectivity index (χ1v) is 13.1. The van der Waals surface area contributed by atoms with Crippen LogP contribution in [0.5, 0.6) is 17.2 Å². The van der Waals surface area contributed by atoms with E-state index in [2.05, 4.69) is 4.90 Å². The number of benzene rings is 2. The zero-order valence-electron chi connectivity index (χ0n) is 20.1. The number of nitrogens with zero attached hydrogens (tertiary/aromatic N) is 2. The maximum atomic E-state index is 12.9. The van der Waals surface area contributed by atoms with Gasteiger partial charge in [-0.15, -0.1) is 11.8 Å². The minimum atomic E-state index is -0.638. The molecule has 1 amide bonds. The summed E-state index contributed by atoms with van der Waals surface area (Å²) in [5, 5.41) is 0. The molecule has 3 aromatic rings. The number of carbonyl (C=O) groups is 1. The standard InChI is InChI=1S/C27H28N2O6S/c1-36-21-8-6-19(7-9-21)16-33-25-17-32-20(14-22(25)30)15-28-10-12-29(13-11-28)27(31)26-18-34-23-4-2-3-5-24(23)35-26/h2-9,14,17,26H,10-13,15-16,18H2,1H3. The molecule has 0 radical (unpaired) electrons. The van der Waals surface area contributed by atoms with Crippen LogP contribution in [-0.2, 0) is 17.9 Å². The third kappa shape index (κ3) is 5.68. The van der Waals surface area contributed by atoms with Gasteiger partial charge in [-0.2, -0.15) is 0 Å². The van der Waals surface area contributed by atoms with Crippen LogP contribution in [0.15, 0.2) is 75.0 Å². The lowest BCUT2D eigenvalue weighted by Gasteiger charge is -2.36. The van der Waals surface area contributed by atoms with Gasteiger partial charge < -0.3 is 23.5 Å². The van der Waals surface area contributed by atoms with Crippen LogP contribution in [-0.4, -0.2) is 60.9 Å². The van der Waals surface area contributed by atoms with Crippen LogP contribution in [0.1, 0.15) is 11.3 Å². The highest BCUT2D eigenvalue weighted by Gasteiger charge is 2.32. The fourth-order valence-corrected chi connectivity index (χ4v) is 4.61. The molecule has 1 atom stereocenters. The summed E-state index contributed by atoms with van der Waals surface area (Å²) in [4.78, 5) is 30.6. The van der Waals surface area contributed by atoms with Gasteiger partial charge in [0.2, 0.25) is 17.3 Å². The first-order valence-electron chi connectivity index (χ1n) is 11.9. The lowest BCUT2D eigenvalue weighted by atomic mass is 10.2. The van der Waals surface area contributed by atoms with E-state index in [9.17, 15) is 9.59 Å². The van der Waals surface area contributed by atoms with Crippen molar-refractivity contribution in [2.24, 2.45) is 0 Å². The maximum absolute atomic E-state index is 12.9. The molecule has 8 nitrogen and oxygen atoms in total. The van der Waals surface area contributed by atoms with Crippen molar-refractivity contribution < 1.29 is 23.4 Å². The zero-order valence-corrected chi connectivity index (χ0v) is 20.9. The highest BCUT2D eigenvalue weighted by molar-refractivity contribution is 7.98. The monoisotopic (exact) mass is 508 g/mol. The third-order valence-corrected chi connectivity index (χ3v) is 7.00. The second kappa shape index (κ2) is 11.1. The Labute approximate surface area is 213 Å². The molecule has 0 aliphatic carbocycles. The summed E-state index contributed by atoms with van der Waals surface area (Å²) in [6.45, 7) is 3.48. The maximum Gasteiger partial charge on any atom is 0.267 e. The minimum Gasteiger partial charge on any atom is -0.485 e. The van der Waals surface area contributed by atoms with Gasteiger partial charge in [-0.25, -0.2) is 0 Å². The summed E-state index contributed by atoms with van der Waals surface area (Å²) in [5.74, 6) is 1.95. The van der Waals surface area contributed by atoms with Gasteiger partial charge in [0.25, 0.3) is 5.91 Å². The Morgan fingerprint density at radius 1 is 1.06 bits per heavy atom. The van der Waals surface area contributed by atoms with Gasteiger partial charge >= 0.3 is 0 Å². The summed E-state index contributed by atoms with van der Waals surface area (Å²) >= 11 is 1.68. The zero-order chi connectivity index (χ0) is 24.9. The minimum absolute atomic E-state index is 0.0692. The Kier molecular flexibility index (Phi) is 7.48. The van der Waals surface area contributed by atoms with Crippen LogP contribution >= 0.6 is 11.8 Å². The molecule has 1 aromatic heterocycles. The van der Waals surface area contributed by atoms with Gasteiger partial charge in [0.1, 0.15) is 25.2 Å². The summed E-state index contributed by atoms with van der Waals surface area (Å²) in [6.07, 6.45) is 2.77. The molecule has 0 N–H and O–H groups in total. The van der Waals surface area contributed by atoms with Gasteiger partial charge in [0.15, 0.2) is 11.5 Å². The number of fused-ring (bicyclic) bond motifs is 1. The molecular formula is C27H28N2O6S. The SMILES string of the molecule is CSc1ccc(COc2coc(CN3CCN(C(=O)C4COc5ccccc5O4)CC3)cc2=O)cc1. The predicted molar refractivity (Wildman–Crippen MR) is 136 cm³/mol. The highest BCUT2D eigenvalue weighted by Crippen LogP contribution is 2.31. The summed E-state index contributed by atoms with van der Waals surface area (Å²) in [7, 11) is 0. The Bertz CT molecular complexity index is 1250. The average molecular weight is 509 g/mol. The van der Waals surface area contributed by atoms with E-state index < -0.39 is 6.10 Å². The van der Waals surface area contributed by atoms with E-state index in [1.54, 1.807) is 22.7 Å². The van der Waals surface area contributed by atoms with Crippen molar-refractivity contribution in [1.82, 2.24) is 9.80 Å². The van der Waals surface area contributed by atoms with Gasteiger partial charge in [0.05, 0.1) is 6.54 Å². The number of amides is 1. The molecule has 0 bridgehead atoms. The van der Waals surface area contributed by atoms with Crippen LogP contribution < -0.4 is 19.6 Å². The fourth-order valence-electron chi connectivity index (χ4n) is 4.20. The van der Waals surface area contributed by atoms with Gasteiger partial charge in [-0.05, 0) is 36.1 Å². The number of carbonyl (C=O) groups excluding carboxylic acids is 1. The largest absolute Gasteiger partial charge is 0.485 e. The normalized spacial score (nSPS) is 17.6. The quantitative estimate of drug-likeness (QED) is 0.449. The van der Waals surface area contributed by atoms with Crippen LogP contribution in [0, 0.1) is 0 Å². The summed E-state index contributed by atoms with van der Waals surface area (Å²) in [6, 6.07) is 16.9. The number of hydrogen-bond acceptors (Lipinski definition) is 8. The van der Waals surface area contributed by atoms with Crippen molar-refractivity contribution in [2.75, 3.05) is 39.0 Å². The third-order valence-electron chi connectivity index (χ3n) is 6.25. The van der Waals surface area contributed by atoms with E-state index in [0.29, 0.717) is 56.6 Å². The molecule has 1 unspecified atom stereocenters. The number of piperazine rings is 1. The van der Waals surface area contributed by atoms with Crippen molar-refractivity contribution in [2.45, 2.75) is 24.2 Å². The number of para-hydroxylation sites is 2. The number of ether oxygens (including phenoxy) is 3. The number of rotatable bonds is 7. The van der Waals surface area contributed by atoms with E-state index in [-0.39, 0.29) is 23.7 Å². The highest BCUT2D eigenvalue weighted by atomic mass is 32.2. The first-order chi connectivity index (χ1) is 17.6. The second-order valence-corrected chi connectivity index (χ2v) is 9.56. The number of hydrogen-bond donors (Lipinski definition) is 0. The van der Waals surface area contributed by atoms with Crippen molar-refractivity contribution >= 4 is 17.7 Å². The van der Waals surface area contributed by atoms with E-state index in [1.165, 1.54) is 17.2 Å². The summed E-state index contributed by atoms with van der Waals surface area (Å²) < 4.78 is 22.9. The topological polar surface area (TPSA) is 81.5 Å². The van der Waals surface area contributed by atoms with E-state index >= 15 is 0 Å². The van der Waals surface area contributed by atoms with Crippen molar-refractivity contribution in [1.29, 1.82) is 0 Å². The van der Waals surface area contributed by atoms with Crippen molar-refractivity contribution in [3.8, 4) is 17.2 Å². The van der Waals surface area contributed by atoms with Gasteiger partial charge in [0, 0.05) is 37.1 Å². The van der Waals surface area contributed by atoms with E-state index in [0.717, 1.165) is 5.56 Å². The molecule has 1 saturated heterocycles. The first kappa shape index (κ1) is 24.3. The Balaban J connectivity index is 1.10. The molecular weight excluding hydrogens is 480 g/mol. The fraction of sp³-hybridized carbons (Fsp3) is 0.333. The molecule has 5 rings (SSSR count). The van der Waals surface area contributed by atoms with Gasteiger partial charge in [-0.1, -0.05) is 24.3 Å². The average Bonchev–Trinajstić information content (AvgIpc) is 2.92. The predicted octanol–water partition coefficient (Wildman–Crippen LogP) is 3.42. The molecule has 9 heteroatoms.